The number of hydrogen-bond donors (Lipinski definition) is 3. The summed E-state index contributed by atoms with van der Waals surface area (Å²) in [5.74, 6) is 1.16. The van der Waals surface area contributed by atoms with E-state index in [-0.39, 0.29) is 47.8 Å². The number of H-pyrrole nitrogens is 2. The first-order valence-electron chi connectivity index (χ1n) is 20.0. The number of carbonyl (C=O) groups is 4. The number of carbonyl (C=O) groups excluding carboxylic acids is 4. The zero-order valence-electron chi connectivity index (χ0n) is 32.8. The summed E-state index contributed by atoms with van der Waals surface area (Å²) in [5, 5.41) is 2.70. The number of ether oxygens (including phenoxy) is 2. The van der Waals surface area contributed by atoms with E-state index in [0.29, 0.717) is 24.7 Å². The number of methoxy groups -OCH3 is 1. The fraction of sp³-hybridized carbons (Fsp3) is 0.488. The highest BCUT2D eigenvalue weighted by Crippen LogP contribution is 2.52. The van der Waals surface area contributed by atoms with Gasteiger partial charge in [-0.3, -0.25) is 14.4 Å². The second kappa shape index (κ2) is 15.2. The first-order valence-corrected chi connectivity index (χ1v) is 20.0. The van der Waals surface area contributed by atoms with Crippen molar-refractivity contribution in [2.24, 2.45) is 11.8 Å². The first kappa shape index (κ1) is 37.5. The Balaban J connectivity index is 1.05. The number of fused-ring (bicyclic) bond motifs is 2. The number of amides is 3. The van der Waals surface area contributed by atoms with Gasteiger partial charge in [0.15, 0.2) is 0 Å². The Bertz CT molecular complexity index is 2140. The van der Waals surface area contributed by atoms with Gasteiger partial charge in [0.25, 0.3) is 0 Å². The summed E-state index contributed by atoms with van der Waals surface area (Å²) in [5.41, 5.74) is 7.69. The lowest BCUT2D eigenvalue weighted by Gasteiger charge is -2.39. The van der Waals surface area contributed by atoms with Crippen LogP contribution in [0.3, 0.4) is 0 Å². The van der Waals surface area contributed by atoms with Crippen LogP contribution in [0.5, 0.6) is 0 Å². The maximum atomic E-state index is 13.6. The summed E-state index contributed by atoms with van der Waals surface area (Å²) in [7, 11) is 1.29. The lowest BCUT2D eigenvalue weighted by Crippen LogP contribution is -2.51. The van der Waals surface area contributed by atoms with Crippen molar-refractivity contribution in [3.8, 4) is 33.6 Å². The Morgan fingerprint density at radius 1 is 0.821 bits per heavy atom. The van der Waals surface area contributed by atoms with Crippen LogP contribution in [-0.2, 0) is 23.9 Å². The Morgan fingerprint density at radius 2 is 1.45 bits per heavy atom. The van der Waals surface area contributed by atoms with Gasteiger partial charge in [-0.05, 0) is 72.6 Å². The molecular weight excluding hydrogens is 711 g/mol. The van der Waals surface area contributed by atoms with Gasteiger partial charge in [0, 0.05) is 30.6 Å². The van der Waals surface area contributed by atoms with Gasteiger partial charge in [0.2, 0.25) is 11.8 Å². The molecule has 6 heterocycles. The molecule has 4 aromatic rings. The van der Waals surface area contributed by atoms with Crippen molar-refractivity contribution in [2.75, 3.05) is 20.2 Å². The molecule has 13 heteroatoms. The van der Waals surface area contributed by atoms with E-state index in [1.54, 1.807) is 6.20 Å². The summed E-state index contributed by atoms with van der Waals surface area (Å²) in [6, 6.07) is 11.5. The molecule has 294 valence electrons. The average Bonchev–Trinajstić information content (AvgIpc) is 4.03. The van der Waals surface area contributed by atoms with Gasteiger partial charge >= 0.3 is 12.1 Å². The molecule has 4 aliphatic heterocycles. The second-order valence-electron chi connectivity index (χ2n) is 16.4. The number of rotatable bonds is 10. The first-order chi connectivity index (χ1) is 27.0. The highest BCUT2D eigenvalue weighted by molar-refractivity contribution is 5.90. The molecule has 1 aliphatic carbocycles. The van der Waals surface area contributed by atoms with Crippen molar-refractivity contribution in [2.45, 2.75) is 103 Å². The number of alkyl carbamates (subject to hydrolysis) is 1. The van der Waals surface area contributed by atoms with Crippen molar-refractivity contribution >= 4 is 23.9 Å². The largest absolute Gasteiger partial charge is 0.457 e. The van der Waals surface area contributed by atoms with Crippen molar-refractivity contribution in [3.05, 3.63) is 71.6 Å². The standard InChI is InChI=1S/C43H51N7O6/c1-23(2)20-35(51)49-18-6-8-32(49)39-45-22-31(47-39)28-15-14-27(37-34-17-16-29(36(28)37)42(53)56-34)25-10-12-26(13-11-25)30-21-44-40(46-30)33-9-7-19-50(33)41(52)38(24(3)4)48-43(54)55-5/h10-15,21-24,29,32-34,38H,6-9,16-20H2,1-5H3,(H,44,46)(H,45,47)(H,48,54)/t29?,32-,33+,34?,38+/m1/s1. The zero-order chi connectivity index (χ0) is 39.2. The highest BCUT2D eigenvalue weighted by Gasteiger charge is 2.44. The van der Waals surface area contributed by atoms with Crippen LogP contribution in [-0.4, -0.2) is 79.9 Å². The van der Waals surface area contributed by atoms with Gasteiger partial charge in [-0.25, -0.2) is 14.8 Å². The predicted molar refractivity (Wildman–Crippen MR) is 209 cm³/mol. The van der Waals surface area contributed by atoms with Crippen LogP contribution in [0, 0.1) is 11.8 Å². The molecule has 0 saturated carbocycles. The summed E-state index contributed by atoms with van der Waals surface area (Å²) in [6.45, 7) is 9.26. The molecule has 0 spiro atoms. The van der Waals surface area contributed by atoms with E-state index in [4.69, 9.17) is 19.4 Å². The van der Waals surface area contributed by atoms with Gasteiger partial charge in [-0.15, -0.1) is 0 Å². The third-order valence-electron chi connectivity index (χ3n) is 11.9. The normalized spacial score (nSPS) is 22.1. The Kier molecular flexibility index (Phi) is 10.2. The van der Waals surface area contributed by atoms with E-state index in [1.807, 2.05) is 29.8 Å². The molecule has 13 nitrogen and oxygen atoms in total. The van der Waals surface area contributed by atoms with Gasteiger partial charge in [-0.2, -0.15) is 0 Å². The average molecular weight is 762 g/mol. The number of aromatic nitrogens is 4. The predicted octanol–water partition coefficient (Wildman–Crippen LogP) is 7.36. The minimum Gasteiger partial charge on any atom is -0.457 e. The molecule has 0 radical (unpaired) electrons. The third kappa shape index (κ3) is 6.85. The van der Waals surface area contributed by atoms with E-state index in [9.17, 15) is 19.2 Å². The number of esters is 1. The number of benzene rings is 2. The van der Waals surface area contributed by atoms with Gasteiger partial charge in [0.1, 0.15) is 23.8 Å². The van der Waals surface area contributed by atoms with Crippen molar-refractivity contribution in [1.29, 1.82) is 0 Å². The maximum Gasteiger partial charge on any atom is 0.407 e. The monoisotopic (exact) mass is 761 g/mol. The molecule has 9 rings (SSSR count). The van der Waals surface area contributed by atoms with Crippen LogP contribution < -0.4 is 5.32 Å². The smallest absolute Gasteiger partial charge is 0.407 e. The molecule has 3 amide bonds. The van der Waals surface area contributed by atoms with Crippen molar-refractivity contribution in [3.63, 3.8) is 0 Å². The fourth-order valence-corrected chi connectivity index (χ4v) is 9.16. The number of imidazole rings is 2. The number of nitrogens with one attached hydrogen (secondary N) is 3. The number of nitrogens with zero attached hydrogens (tertiary/aromatic N) is 4. The number of hydrogen-bond acceptors (Lipinski definition) is 8. The second-order valence-corrected chi connectivity index (χ2v) is 16.4. The lowest BCUT2D eigenvalue weighted by atomic mass is 9.73. The minimum atomic E-state index is -0.699. The van der Waals surface area contributed by atoms with Crippen molar-refractivity contribution < 1.29 is 28.7 Å². The Hall–Kier alpha value is -5.46. The highest BCUT2D eigenvalue weighted by atomic mass is 16.5. The molecule has 2 bridgehead atoms. The van der Waals surface area contributed by atoms with E-state index in [0.717, 1.165) is 95.7 Å². The van der Waals surface area contributed by atoms with Gasteiger partial charge in [0.05, 0.1) is 48.9 Å². The quantitative estimate of drug-likeness (QED) is 0.141. The van der Waals surface area contributed by atoms with Crippen molar-refractivity contribution in [1.82, 2.24) is 35.1 Å². The molecule has 3 fully saturated rings. The van der Waals surface area contributed by atoms with E-state index in [1.165, 1.54) is 7.11 Å². The van der Waals surface area contributed by atoms with E-state index in [2.05, 4.69) is 65.5 Å². The molecule has 56 heavy (non-hydrogen) atoms. The molecule has 2 aromatic heterocycles. The maximum absolute atomic E-state index is 13.6. The Labute approximate surface area is 327 Å². The molecule has 2 aromatic carbocycles. The molecule has 5 atom stereocenters. The van der Waals surface area contributed by atoms with Crippen LogP contribution in [0.2, 0.25) is 0 Å². The van der Waals surface area contributed by atoms with Crippen LogP contribution >= 0.6 is 0 Å². The number of aromatic amines is 2. The SMILES string of the molecule is COC(=O)N[C@H](C(=O)N1CCC[C@H]1c1ncc(-c2ccc(-c3ccc(-c4cnc([C@H]5CCCN5C(=O)CC(C)C)[nH]4)c4c3C3CCC4C(=O)O3)cc2)[nH]1)C(C)C. The van der Waals surface area contributed by atoms with E-state index < -0.39 is 12.1 Å². The summed E-state index contributed by atoms with van der Waals surface area (Å²) >= 11 is 0. The molecule has 2 unspecified atom stereocenters. The topological polar surface area (TPSA) is 163 Å². The van der Waals surface area contributed by atoms with Gasteiger partial charge in [-0.1, -0.05) is 64.1 Å². The minimum absolute atomic E-state index is 0.0804. The van der Waals surface area contributed by atoms with E-state index >= 15 is 0 Å². The van der Waals surface area contributed by atoms with Gasteiger partial charge < -0.3 is 34.6 Å². The zero-order valence-corrected chi connectivity index (χ0v) is 32.8. The lowest BCUT2D eigenvalue weighted by molar-refractivity contribution is -0.159. The van der Waals surface area contributed by atoms with Crippen LogP contribution in [0.4, 0.5) is 4.79 Å². The Morgan fingerprint density at radius 3 is 2.11 bits per heavy atom. The van der Waals surface area contributed by atoms with Crippen LogP contribution in [0.25, 0.3) is 33.6 Å². The fourth-order valence-electron chi connectivity index (χ4n) is 9.16. The molecule has 5 aliphatic rings. The number of likely N-dealkylation sites (tertiary alicyclic amines) is 2. The summed E-state index contributed by atoms with van der Waals surface area (Å²) in [4.78, 5) is 72.2. The summed E-state index contributed by atoms with van der Waals surface area (Å²) < 4.78 is 10.7. The molecule has 3 N–H and O–H groups in total. The van der Waals surface area contributed by atoms with Crippen LogP contribution in [0.1, 0.15) is 120 Å². The van der Waals surface area contributed by atoms with Crippen LogP contribution in [0.15, 0.2) is 48.8 Å². The molecular formula is C43H51N7O6. The third-order valence-corrected chi connectivity index (χ3v) is 11.9. The molecule has 3 saturated heterocycles. The summed E-state index contributed by atoms with van der Waals surface area (Å²) in [6.07, 6.45) is 8.14.